The zero-order chi connectivity index (χ0) is 19.1. The van der Waals surface area contributed by atoms with Crippen LogP contribution < -0.4 is 0 Å². The molecule has 0 saturated heterocycles. The van der Waals surface area contributed by atoms with Gasteiger partial charge in [0.25, 0.3) is 0 Å². The first-order valence-electron chi connectivity index (χ1n) is 13.0. The molecule has 0 spiro atoms. The summed E-state index contributed by atoms with van der Waals surface area (Å²) in [5.41, 5.74) is 0. The van der Waals surface area contributed by atoms with E-state index in [9.17, 15) is 0 Å². The minimum Gasteiger partial charge on any atom is -0.0622 e. The molecule has 0 heteroatoms. The summed E-state index contributed by atoms with van der Waals surface area (Å²) in [4.78, 5) is 0. The van der Waals surface area contributed by atoms with Crippen LogP contribution in [0.2, 0.25) is 0 Å². The molecule has 4 aliphatic carbocycles. The highest BCUT2D eigenvalue weighted by atomic mass is 14.5. The average Bonchev–Trinajstić information content (AvgIpc) is 2.68. The lowest BCUT2D eigenvalue weighted by Gasteiger charge is -2.56. The predicted octanol–water partition coefficient (Wildman–Crippen LogP) is 8.21. The van der Waals surface area contributed by atoms with Crippen LogP contribution in [0.4, 0.5) is 0 Å². The molecule has 0 aromatic heterocycles. The molecule has 11 atom stereocenters. The molecule has 156 valence electrons. The van der Waals surface area contributed by atoms with E-state index in [4.69, 9.17) is 0 Å². The molecular weight excluding hydrogens is 324 g/mol. The quantitative estimate of drug-likeness (QED) is 0.458. The Labute approximate surface area is 170 Å². The summed E-state index contributed by atoms with van der Waals surface area (Å²) in [5, 5.41) is 0. The van der Waals surface area contributed by atoms with Crippen molar-refractivity contribution in [1.29, 1.82) is 0 Å². The molecule has 4 saturated carbocycles. The van der Waals surface area contributed by atoms with Crippen LogP contribution in [0, 0.1) is 65.1 Å². The lowest BCUT2D eigenvalue weighted by atomic mass is 9.49. The summed E-state index contributed by atoms with van der Waals surface area (Å²) in [5.74, 6) is 11.1. The van der Waals surface area contributed by atoms with Crippen molar-refractivity contribution >= 4 is 0 Å². The van der Waals surface area contributed by atoms with Crippen LogP contribution in [0.25, 0.3) is 0 Å². The molecule has 0 aromatic rings. The van der Waals surface area contributed by atoms with Crippen molar-refractivity contribution in [3.05, 3.63) is 0 Å². The lowest BCUT2D eigenvalue weighted by Crippen LogP contribution is -2.49. The molecule has 11 unspecified atom stereocenters. The Kier molecular flexibility index (Phi) is 6.30. The van der Waals surface area contributed by atoms with Crippen molar-refractivity contribution < 1.29 is 0 Å². The third-order valence-corrected chi connectivity index (χ3v) is 10.9. The standard InChI is InChI=1S/C27H48/c1-17-10-6-8-12-23(17)25-16-26(21(5)19(3)20(25)4)27-18(2)14-15-22-11-7-9-13-24(22)27/h17-27H,6-16H2,1-5H3. The van der Waals surface area contributed by atoms with E-state index >= 15 is 0 Å². The van der Waals surface area contributed by atoms with E-state index in [1.807, 2.05) is 0 Å². The second kappa shape index (κ2) is 8.39. The summed E-state index contributed by atoms with van der Waals surface area (Å²) >= 11 is 0. The maximum Gasteiger partial charge on any atom is -0.0326 e. The van der Waals surface area contributed by atoms with Gasteiger partial charge in [0.15, 0.2) is 0 Å². The minimum absolute atomic E-state index is 0.930. The predicted molar refractivity (Wildman–Crippen MR) is 118 cm³/mol. The largest absolute Gasteiger partial charge is 0.0622 e. The molecule has 0 bridgehead atoms. The maximum absolute atomic E-state index is 2.66. The van der Waals surface area contributed by atoms with Crippen molar-refractivity contribution in [2.24, 2.45) is 65.1 Å². The van der Waals surface area contributed by atoms with E-state index in [0.717, 1.165) is 65.1 Å². The van der Waals surface area contributed by atoms with Crippen molar-refractivity contribution in [1.82, 2.24) is 0 Å². The van der Waals surface area contributed by atoms with Gasteiger partial charge in [-0.05, 0) is 90.8 Å². The molecule has 4 rings (SSSR count). The van der Waals surface area contributed by atoms with Crippen LogP contribution >= 0.6 is 0 Å². The Balaban J connectivity index is 1.58. The zero-order valence-electron chi connectivity index (χ0n) is 19.1. The zero-order valence-corrected chi connectivity index (χ0v) is 19.1. The van der Waals surface area contributed by atoms with Gasteiger partial charge < -0.3 is 0 Å². The first kappa shape index (κ1) is 20.3. The number of rotatable bonds is 2. The van der Waals surface area contributed by atoms with Gasteiger partial charge in [-0.25, -0.2) is 0 Å². The highest BCUT2D eigenvalue weighted by Crippen LogP contribution is 2.57. The molecule has 0 nitrogen and oxygen atoms in total. The molecule has 4 aliphatic rings. The molecule has 0 heterocycles. The topological polar surface area (TPSA) is 0 Å². The van der Waals surface area contributed by atoms with Crippen LogP contribution in [-0.4, -0.2) is 0 Å². The summed E-state index contributed by atoms with van der Waals surface area (Å²) in [6.07, 6.45) is 16.9. The second-order valence-electron chi connectivity index (χ2n) is 11.9. The maximum atomic E-state index is 2.66. The summed E-state index contributed by atoms with van der Waals surface area (Å²) < 4.78 is 0. The molecule has 0 amide bonds. The van der Waals surface area contributed by atoms with Crippen molar-refractivity contribution in [2.75, 3.05) is 0 Å². The van der Waals surface area contributed by atoms with Crippen molar-refractivity contribution in [2.45, 2.75) is 105 Å². The third kappa shape index (κ3) is 3.77. The summed E-state index contributed by atoms with van der Waals surface area (Å²) in [7, 11) is 0. The van der Waals surface area contributed by atoms with Gasteiger partial charge in [-0.1, -0.05) is 79.6 Å². The SMILES string of the molecule is CC1CCCCC1C1CC(C2C(C)CCC3CCCCC32)C(C)C(C)C1C. The third-order valence-electron chi connectivity index (χ3n) is 10.9. The van der Waals surface area contributed by atoms with Crippen LogP contribution in [-0.2, 0) is 0 Å². The normalized spacial score (nSPS) is 54.3. The molecular formula is C27H48. The van der Waals surface area contributed by atoms with Crippen molar-refractivity contribution in [3.8, 4) is 0 Å². The fourth-order valence-corrected chi connectivity index (χ4v) is 8.99. The Bertz CT molecular complexity index is 480. The molecule has 0 N–H and O–H groups in total. The smallest absolute Gasteiger partial charge is 0.0326 e. The van der Waals surface area contributed by atoms with Gasteiger partial charge in [-0.15, -0.1) is 0 Å². The van der Waals surface area contributed by atoms with Gasteiger partial charge in [0.2, 0.25) is 0 Å². The fraction of sp³-hybridized carbons (Fsp3) is 1.00. The van der Waals surface area contributed by atoms with E-state index in [2.05, 4.69) is 34.6 Å². The average molecular weight is 373 g/mol. The minimum atomic E-state index is 0.930. The highest BCUT2D eigenvalue weighted by molar-refractivity contribution is 4.99. The highest BCUT2D eigenvalue weighted by Gasteiger charge is 2.50. The van der Waals surface area contributed by atoms with Gasteiger partial charge in [0.05, 0.1) is 0 Å². The Hall–Kier alpha value is 0. The summed E-state index contributed by atoms with van der Waals surface area (Å²) in [6, 6.07) is 0. The van der Waals surface area contributed by atoms with E-state index in [-0.39, 0.29) is 0 Å². The Morgan fingerprint density at radius 2 is 1.07 bits per heavy atom. The molecule has 0 aromatic carbocycles. The van der Waals surface area contributed by atoms with Crippen LogP contribution in [0.5, 0.6) is 0 Å². The molecule has 4 fully saturated rings. The van der Waals surface area contributed by atoms with E-state index in [0.29, 0.717) is 0 Å². The van der Waals surface area contributed by atoms with Gasteiger partial charge in [-0.3, -0.25) is 0 Å². The van der Waals surface area contributed by atoms with Gasteiger partial charge >= 0.3 is 0 Å². The van der Waals surface area contributed by atoms with E-state index < -0.39 is 0 Å². The summed E-state index contributed by atoms with van der Waals surface area (Å²) in [6.45, 7) is 13.2. The number of hydrogen-bond acceptors (Lipinski definition) is 0. The molecule has 27 heavy (non-hydrogen) atoms. The monoisotopic (exact) mass is 372 g/mol. The lowest BCUT2D eigenvalue weighted by molar-refractivity contribution is -0.0675. The first-order chi connectivity index (χ1) is 13.0. The fourth-order valence-electron chi connectivity index (χ4n) is 8.99. The number of fused-ring (bicyclic) bond motifs is 1. The van der Waals surface area contributed by atoms with Gasteiger partial charge in [-0.2, -0.15) is 0 Å². The second-order valence-corrected chi connectivity index (χ2v) is 11.9. The Morgan fingerprint density at radius 3 is 1.81 bits per heavy atom. The van der Waals surface area contributed by atoms with Gasteiger partial charge in [0.1, 0.15) is 0 Å². The van der Waals surface area contributed by atoms with Crippen LogP contribution in [0.15, 0.2) is 0 Å². The van der Waals surface area contributed by atoms with Crippen molar-refractivity contribution in [3.63, 3.8) is 0 Å². The number of hydrogen-bond donors (Lipinski definition) is 0. The molecule has 0 radical (unpaired) electrons. The van der Waals surface area contributed by atoms with Crippen LogP contribution in [0.3, 0.4) is 0 Å². The van der Waals surface area contributed by atoms with Crippen LogP contribution in [0.1, 0.15) is 105 Å². The van der Waals surface area contributed by atoms with E-state index in [1.165, 1.54) is 44.9 Å². The molecule has 0 aliphatic heterocycles. The Morgan fingerprint density at radius 1 is 0.444 bits per heavy atom. The van der Waals surface area contributed by atoms with Gasteiger partial charge in [0, 0.05) is 0 Å². The first-order valence-corrected chi connectivity index (χ1v) is 13.0. The van der Waals surface area contributed by atoms with E-state index in [1.54, 1.807) is 25.7 Å².